The molecule has 1 aromatic carbocycles. The van der Waals surface area contributed by atoms with Gasteiger partial charge in [-0.05, 0) is 38.8 Å². The lowest BCUT2D eigenvalue weighted by atomic mass is 9.54. The average molecular weight is 385 g/mol. The predicted molar refractivity (Wildman–Crippen MR) is 107 cm³/mol. The van der Waals surface area contributed by atoms with Gasteiger partial charge in [0.2, 0.25) is 5.91 Å². The summed E-state index contributed by atoms with van der Waals surface area (Å²) in [7, 11) is 0. The first-order chi connectivity index (χ1) is 11.6. The molecule has 0 saturated heterocycles. The molecular formula is C20H33ClN2O3. The van der Waals surface area contributed by atoms with Crippen LogP contribution in [0.15, 0.2) is 18.2 Å². The number of aryl methyl sites for hydroxylation is 2. The molecule has 0 spiro atoms. The lowest BCUT2D eigenvalue weighted by molar-refractivity contribution is -0.171. The number of hydrogen-bond donors (Lipinski definition) is 2. The minimum atomic E-state index is -0.903. The molecule has 0 aromatic heterocycles. The van der Waals surface area contributed by atoms with Crippen molar-refractivity contribution in [2.24, 2.45) is 11.1 Å². The van der Waals surface area contributed by atoms with E-state index in [0.717, 1.165) is 16.9 Å². The van der Waals surface area contributed by atoms with Gasteiger partial charge < -0.3 is 20.5 Å². The van der Waals surface area contributed by atoms with Gasteiger partial charge in [-0.3, -0.25) is 4.79 Å². The van der Waals surface area contributed by atoms with Gasteiger partial charge in [-0.2, -0.15) is 0 Å². The van der Waals surface area contributed by atoms with Crippen LogP contribution in [-0.4, -0.2) is 36.8 Å². The number of amides is 1. The topological polar surface area (TPSA) is 73.6 Å². The Kier molecular flexibility index (Phi) is 7.52. The molecule has 0 heterocycles. The van der Waals surface area contributed by atoms with E-state index in [9.17, 15) is 4.79 Å². The predicted octanol–water partition coefficient (Wildman–Crippen LogP) is 3.14. The number of carbonyl (C=O) groups is 1. The SMILES string of the molecule is CCOC1CC(N)(C(=O)NC(C)COc2c(C)cccc2C)C1(C)C.Cl. The number of nitrogens with one attached hydrogen (secondary N) is 1. The Labute approximate surface area is 163 Å². The molecule has 2 rings (SSSR count). The second kappa shape index (κ2) is 8.59. The molecule has 3 N–H and O–H groups in total. The fourth-order valence-electron chi connectivity index (χ4n) is 3.45. The zero-order valence-electron chi connectivity index (χ0n) is 16.7. The summed E-state index contributed by atoms with van der Waals surface area (Å²) in [5.74, 6) is 0.748. The summed E-state index contributed by atoms with van der Waals surface area (Å²) in [5, 5.41) is 3.01. The van der Waals surface area contributed by atoms with Crippen molar-refractivity contribution in [3.63, 3.8) is 0 Å². The second-order valence-electron chi connectivity index (χ2n) is 7.75. The van der Waals surface area contributed by atoms with E-state index in [4.69, 9.17) is 15.2 Å². The molecule has 26 heavy (non-hydrogen) atoms. The average Bonchev–Trinajstić information content (AvgIpc) is 2.53. The summed E-state index contributed by atoms with van der Waals surface area (Å²) >= 11 is 0. The van der Waals surface area contributed by atoms with Crippen LogP contribution in [0.1, 0.15) is 45.2 Å². The highest BCUT2D eigenvalue weighted by atomic mass is 35.5. The van der Waals surface area contributed by atoms with E-state index in [0.29, 0.717) is 19.6 Å². The van der Waals surface area contributed by atoms with Crippen LogP contribution in [0.3, 0.4) is 0 Å². The molecule has 1 amide bonds. The Bertz CT molecular complexity index is 615. The first-order valence-electron chi connectivity index (χ1n) is 9.04. The monoisotopic (exact) mass is 384 g/mol. The molecule has 1 saturated carbocycles. The van der Waals surface area contributed by atoms with E-state index >= 15 is 0 Å². The van der Waals surface area contributed by atoms with E-state index < -0.39 is 5.54 Å². The summed E-state index contributed by atoms with van der Waals surface area (Å²) in [6.45, 7) is 13.0. The highest BCUT2D eigenvalue weighted by Crippen LogP contribution is 2.49. The maximum atomic E-state index is 12.7. The highest BCUT2D eigenvalue weighted by molar-refractivity contribution is 5.89. The maximum absolute atomic E-state index is 12.7. The number of rotatable bonds is 7. The Morgan fingerprint density at radius 2 is 1.92 bits per heavy atom. The fraction of sp³-hybridized carbons (Fsp3) is 0.650. The molecule has 0 aliphatic heterocycles. The van der Waals surface area contributed by atoms with Crippen molar-refractivity contribution in [1.29, 1.82) is 0 Å². The summed E-state index contributed by atoms with van der Waals surface area (Å²) in [4.78, 5) is 12.7. The van der Waals surface area contributed by atoms with E-state index in [1.807, 2.05) is 59.7 Å². The van der Waals surface area contributed by atoms with Crippen LogP contribution in [0.25, 0.3) is 0 Å². The van der Waals surface area contributed by atoms with Gasteiger partial charge >= 0.3 is 0 Å². The van der Waals surface area contributed by atoms with Gasteiger partial charge in [0.1, 0.15) is 17.9 Å². The van der Waals surface area contributed by atoms with Gasteiger partial charge in [-0.1, -0.05) is 32.0 Å². The number of hydrogen-bond acceptors (Lipinski definition) is 4. The van der Waals surface area contributed by atoms with Crippen molar-refractivity contribution in [1.82, 2.24) is 5.32 Å². The van der Waals surface area contributed by atoms with Crippen LogP contribution in [-0.2, 0) is 9.53 Å². The molecule has 0 bridgehead atoms. The van der Waals surface area contributed by atoms with Crippen molar-refractivity contribution in [2.75, 3.05) is 13.2 Å². The molecular weight excluding hydrogens is 352 g/mol. The Balaban J connectivity index is 0.00000338. The van der Waals surface area contributed by atoms with Crippen molar-refractivity contribution in [2.45, 2.75) is 65.6 Å². The first-order valence-corrected chi connectivity index (χ1v) is 9.04. The lowest BCUT2D eigenvalue weighted by Gasteiger charge is -2.57. The third-order valence-electron chi connectivity index (χ3n) is 5.50. The Hall–Kier alpha value is -1.30. The summed E-state index contributed by atoms with van der Waals surface area (Å²) < 4.78 is 11.6. The number of nitrogens with two attached hydrogens (primary N) is 1. The largest absolute Gasteiger partial charge is 0.491 e. The van der Waals surface area contributed by atoms with Crippen LogP contribution < -0.4 is 15.8 Å². The van der Waals surface area contributed by atoms with Crippen LogP contribution in [0.2, 0.25) is 0 Å². The normalized spacial score (nSPS) is 24.8. The molecule has 5 nitrogen and oxygen atoms in total. The highest BCUT2D eigenvalue weighted by Gasteiger charge is 2.62. The summed E-state index contributed by atoms with van der Waals surface area (Å²) in [6, 6.07) is 5.92. The molecule has 0 radical (unpaired) electrons. The van der Waals surface area contributed by atoms with Gasteiger partial charge in [-0.15, -0.1) is 12.4 Å². The molecule has 1 aromatic rings. The molecule has 1 aliphatic carbocycles. The van der Waals surface area contributed by atoms with Gasteiger partial charge in [0.25, 0.3) is 0 Å². The molecule has 1 fully saturated rings. The molecule has 3 atom stereocenters. The molecule has 6 heteroatoms. The number of ether oxygens (including phenoxy) is 2. The van der Waals surface area contributed by atoms with Crippen molar-refractivity contribution < 1.29 is 14.3 Å². The third kappa shape index (κ3) is 4.16. The third-order valence-corrected chi connectivity index (χ3v) is 5.50. The molecule has 1 aliphatic rings. The molecule has 148 valence electrons. The van der Waals surface area contributed by atoms with Crippen molar-refractivity contribution in [3.8, 4) is 5.75 Å². The number of para-hydroxylation sites is 1. The number of halogens is 1. The van der Waals surface area contributed by atoms with E-state index in [1.165, 1.54) is 0 Å². The van der Waals surface area contributed by atoms with Crippen LogP contribution in [0.5, 0.6) is 5.75 Å². The standard InChI is InChI=1S/C20H32N2O3.ClH/c1-7-24-16-11-20(21,19(16,5)6)18(23)22-15(4)12-25-17-13(2)9-8-10-14(17)3;/h8-10,15-16H,7,11-12,21H2,1-6H3,(H,22,23);1H. The summed E-state index contributed by atoms with van der Waals surface area (Å²) in [6.07, 6.45) is 0.568. The summed E-state index contributed by atoms with van der Waals surface area (Å²) in [5.41, 5.74) is 7.31. The van der Waals surface area contributed by atoms with E-state index in [2.05, 4.69) is 5.32 Å². The first kappa shape index (κ1) is 22.7. The maximum Gasteiger partial charge on any atom is 0.241 e. The minimum Gasteiger partial charge on any atom is -0.491 e. The van der Waals surface area contributed by atoms with Gasteiger partial charge in [0, 0.05) is 18.4 Å². The minimum absolute atomic E-state index is 0. The Morgan fingerprint density at radius 3 is 2.42 bits per heavy atom. The van der Waals surface area contributed by atoms with Crippen LogP contribution in [0.4, 0.5) is 0 Å². The van der Waals surface area contributed by atoms with E-state index in [1.54, 1.807) is 0 Å². The quantitative estimate of drug-likeness (QED) is 0.757. The zero-order valence-corrected chi connectivity index (χ0v) is 17.5. The van der Waals surface area contributed by atoms with Crippen molar-refractivity contribution >= 4 is 18.3 Å². The fourth-order valence-corrected chi connectivity index (χ4v) is 3.45. The number of benzene rings is 1. The molecule has 3 unspecified atom stereocenters. The smallest absolute Gasteiger partial charge is 0.241 e. The second-order valence-corrected chi connectivity index (χ2v) is 7.75. The Morgan fingerprint density at radius 1 is 1.35 bits per heavy atom. The number of carbonyl (C=O) groups excluding carboxylic acids is 1. The lowest BCUT2D eigenvalue weighted by Crippen LogP contribution is -2.76. The zero-order chi connectivity index (χ0) is 18.8. The van der Waals surface area contributed by atoms with E-state index in [-0.39, 0.29) is 35.9 Å². The van der Waals surface area contributed by atoms with Crippen LogP contribution in [0, 0.1) is 19.3 Å². The van der Waals surface area contributed by atoms with Gasteiger partial charge in [0.15, 0.2) is 0 Å². The van der Waals surface area contributed by atoms with Crippen molar-refractivity contribution in [3.05, 3.63) is 29.3 Å². The van der Waals surface area contributed by atoms with Gasteiger partial charge in [-0.25, -0.2) is 0 Å². The van der Waals surface area contributed by atoms with Crippen LogP contribution >= 0.6 is 12.4 Å². The van der Waals surface area contributed by atoms with Gasteiger partial charge in [0.05, 0.1) is 12.1 Å².